The van der Waals surface area contributed by atoms with E-state index in [1.165, 1.54) is 11.3 Å². The van der Waals surface area contributed by atoms with Crippen molar-refractivity contribution in [3.05, 3.63) is 52.0 Å². The Morgan fingerprint density at radius 2 is 2.12 bits per heavy atom. The van der Waals surface area contributed by atoms with Crippen molar-refractivity contribution in [2.75, 3.05) is 27.2 Å². The van der Waals surface area contributed by atoms with E-state index in [1.54, 1.807) is 4.90 Å². The molecule has 1 saturated heterocycles. The highest BCUT2D eigenvalue weighted by Gasteiger charge is 2.46. The van der Waals surface area contributed by atoms with Gasteiger partial charge in [-0.05, 0) is 38.9 Å². The molecule has 1 aliphatic rings. The van der Waals surface area contributed by atoms with E-state index in [1.807, 2.05) is 37.7 Å². The molecule has 6 heteroatoms. The molecule has 0 radical (unpaired) electrons. The zero-order valence-electron chi connectivity index (χ0n) is 15.7. The van der Waals surface area contributed by atoms with E-state index in [0.29, 0.717) is 25.2 Å². The summed E-state index contributed by atoms with van der Waals surface area (Å²) < 4.78 is 0. The van der Waals surface area contributed by atoms with Gasteiger partial charge in [0.15, 0.2) is 0 Å². The maximum Gasteiger partial charge on any atom is 0.273 e. The van der Waals surface area contributed by atoms with E-state index in [-0.39, 0.29) is 5.91 Å². The van der Waals surface area contributed by atoms with E-state index in [0.717, 1.165) is 23.4 Å². The van der Waals surface area contributed by atoms with Crippen LogP contribution in [-0.4, -0.2) is 59.1 Å². The summed E-state index contributed by atoms with van der Waals surface area (Å²) in [5.74, 6) is -0.0805. The second kappa shape index (κ2) is 7.86. The molecule has 2 atom stereocenters. The number of aromatic nitrogens is 1. The second-order valence-corrected chi connectivity index (χ2v) is 8.02. The average molecular weight is 374 g/mol. The molecule has 2 heterocycles. The minimum Gasteiger partial charge on any atom is -0.389 e. The quantitative estimate of drug-likeness (QED) is 0.876. The van der Waals surface area contributed by atoms with Crippen molar-refractivity contribution >= 4 is 17.2 Å². The topological polar surface area (TPSA) is 56.7 Å². The van der Waals surface area contributed by atoms with Crippen molar-refractivity contribution in [1.82, 2.24) is 14.8 Å². The number of hydrogen-bond acceptors (Lipinski definition) is 5. The number of likely N-dealkylation sites (tertiary alicyclic amines) is 1. The van der Waals surface area contributed by atoms with Crippen molar-refractivity contribution in [2.45, 2.75) is 37.8 Å². The summed E-state index contributed by atoms with van der Waals surface area (Å²) in [6, 6.07) is 10.1. The van der Waals surface area contributed by atoms with Gasteiger partial charge in [0.2, 0.25) is 0 Å². The van der Waals surface area contributed by atoms with Gasteiger partial charge < -0.3 is 10.0 Å². The fraction of sp³-hybridized carbons (Fsp3) is 0.500. The van der Waals surface area contributed by atoms with E-state index in [2.05, 4.69) is 28.9 Å². The first-order valence-electron chi connectivity index (χ1n) is 9.13. The Kier molecular flexibility index (Phi) is 5.75. The lowest BCUT2D eigenvalue weighted by atomic mass is 9.77. The number of aryl methyl sites for hydroxylation is 1. The molecule has 1 aromatic carbocycles. The zero-order chi connectivity index (χ0) is 18.7. The Bertz CT molecular complexity index is 747. The number of aliphatic hydroxyl groups is 1. The number of likely N-dealkylation sites (N-methyl/N-ethyl adjacent to an activating group) is 1. The van der Waals surface area contributed by atoms with Crippen LogP contribution in [0.4, 0.5) is 0 Å². The number of thiazole rings is 1. The molecule has 140 valence electrons. The van der Waals surface area contributed by atoms with Crippen molar-refractivity contribution in [3.63, 3.8) is 0 Å². The molecule has 0 aliphatic carbocycles. The molecule has 2 aromatic rings. The van der Waals surface area contributed by atoms with Gasteiger partial charge in [-0.2, -0.15) is 0 Å². The van der Waals surface area contributed by atoms with Gasteiger partial charge in [-0.1, -0.05) is 37.3 Å². The third-order valence-corrected chi connectivity index (χ3v) is 6.21. The third-order valence-electron chi connectivity index (χ3n) is 5.30. The number of β-amino-alcohol motifs (C(OH)–C–C–N with tert-alkyl or cyclic N) is 1. The van der Waals surface area contributed by atoms with Crippen molar-refractivity contribution in [2.24, 2.45) is 0 Å². The Morgan fingerprint density at radius 1 is 1.38 bits per heavy atom. The average Bonchev–Trinajstić information content (AvgIpc) is 3.10. The molecular weight excluding hydrogens is 346 g/mol. The summed E-state index contributed by atoms with van der Waals surface area (Å²) in [5.41, 5.74) is 1.11. The number of amides is 1. The van der Waals surface area contributed by atoms with Gasteiger partial charge in [-0.25, -0.2) is 4.98 Å². The first kappa shape index (κ1) is 19.0. The van der Waals surface area contributed by atoms with Crippen LogP contribution >= 0.6 is 11.3 Å². The monoisotopic (exact) mass is 373 g/mol. The standard InChI is InChI=1S/C20H27N3O2S/c1-4-8-18-21-16(14-26-18)19(25)23-12-11-20(22(2)3,17(24)13-23)15-9-6-5-7-10-15/h5-7,9-10,14,17,24H,4,8,11-13H2,1-3H3/t17-,20+/m1/s1. The maximum absolute atomic E-state index is 12.8. The Balaban J connectivity index is 1.79. The number of carbonyl (C=O) groups is 1. The third kappa shape index (κ3) is 3.41. The summed E-state index contributed by atoms with van der Waals surface area (Å²) in [6.45, 7) is 3.02. The molecule has 1 N–H and O–H groups in total. The highest BCUT2D eigenvalue weighted by atomic mass is 32.1. The molecule has 0 saturated carbocycles. The molecule has 0 unspecified atom stereocenters. The van der Waals surface area contributed by atoms with Crippen LogP contribution in [0.3, 0.4) is 0 Å². The Labute approximate surface area is 159 Å². The summed E-state index contributed by atoms with van der Waals surface area (Å²) >= 11 is 1.54. The van der Waals surface area contributed by atoms with Gasteiger partial charge in [-0.15, -0.1) is 11.3 Å². The fourth-order valence-corrected chi connectivity index (χ4v) is 4.72. The first-order chi connectivity index (χ1) is 12.5. The molecular formula is C20H27N3O2S. The molecule has 5 nitrogen and oxygen atoms in total. The van der Waals surface area contributed by atoms with Crippen LogP contribution in [0.15, 0.2) is 35.7 Å². The molecule has 1 amide bonds. The molecule has 1 aromatic heterocycles. The predicted octanol–water partition coefficient (Wildman–Crippen LogP) is 2.76. The molecule has 0 spiro atoms. The van der Waals surface area contributed by atoms with Crippen LogP contribution < -0.4 is 0 Å². The molecule has 26 heavy (non-hydrogen) atoms. The summed E-state index contributed by atoms with van der Waals surface area (Å²) in [5, 5.41) is 13.9. The summed E-state index contributed by atoms with van der Waals surface area (Å²) in [7, 11) is 3.98. The minimum atomic E-state index is -0.661. The molecule has 3 rings (SSSR count). The van der Waals surface area contributed by atoms with Crippen LogP contribution in [0.1, 0.15) is 40.8 Å². The highest BCUT2D eigenvalue weighted by Crippen LogP contribution is 2.38. The number of nitrogens with zero attached hydrogens (tertiary/aromatic N) is 3. The minimum absolute atomic E-state index is 0.0805. The lowest BCUT2D eigenvalue weighted by Gasteiger charge is -2.49. The number of piperidine rings is 1. The van der Waals surface area contributed by atoms with Gasteiger partial charge in [0.1, 0.15) is 5.69 Å². The van der Waals surface area contributed by atoms with Crippen molar-refractivity contribution < 1.29 is 9.90 Å². The van der Waals surface area contributed by atoms with Gasteiger partial charge in [-0.3, -0.25) is 9.69 Å². The number of rotatable bonds is 5. The van der Waals surface area contributed by atoms with Gasteiger partial charge in [0.05, 0.1) is 16.7 Å². The van der Waals surface area contributed by atoms with E-state index >= 15 is 0 Å². The first-order valence-corrected chi connectivity index (χ1v) is 10.0. The van der Waals surface area contributed by atoms with Gasteiger partial charge in [0.25, 0.3) is 5.91 Å². The predicted molar refractivity (Wildman–Crippen MR) is 104 cm³/mol. The van der Waals surface area contributed by atoms with Crippen LogP contribution in [-0.2, 0) is 12.0 Å². The Morgan fingerprint density at radius 3 is 2.73 bits per heavy atom. The SMILES string of the molecule is CCCc1nc(C(=O)N2CC[C@@](c3ccccc3)(N(C)C)[C@H](O)C2)cs1. The van der Waals surface area contributed by atoms with Crippen molar-refractivity contribution in [1.29, 1.82) is 0 Å². The lowest BCUT2D eigenvalue weighted by molar-refractivity contribution is -0.0613. The summed E-state index contributed by atoms with van der Waals surface area (Å²) in [4.78, 5) is 21.1. The van der Waals surface area contributed by atoms with Crippen LogP contribution in [0.2, 0.25) is 0 Å². The van der Waals surface area contributed by atoms with Crippen molar-refractivity contribution in [3.8, 4) is 0 Å². The second-order valence-electron chi connectivity index (χ2n) is 7.08. The maximum atomic E-state index is 12.8. The van der Waals surface area contributed by atoms with E-state index in [9.17, 15) is 9.90 Å². The Hall–Kier alpha value is -1.76. The zero-order valence-corrected chi connectivity index (χ0v) is 16.5. The number of aliphatic hydroxyl groups excluding tert-OH is 1. The van der Waals surface area contributed by atoms with Gasteiger partial charge >= 0.3 is 0 Å². The number of benzene rings is 1. The molecule has 1 aliphatic heterocycles. The van der Waals surface area contributed by atoms with Crippen LogP contribution in [0.5, 0.6) is 0 Å². The number of carbonyl (C=O) groups excluding carboxylic acids is 1. The largest absolute Gasteiger partial charge is 0.389 e. The normalized spacial score (nSPS) is 23.4. The van der Waals surface area contributed by atoms with E-state index < -0.39 is 11.6 Å². The fourth-order valence-electron chi connectivity index (χ4n) is 3.85. The van der Waals surface area contributed by atoms with Crippen LogP contribution in [0, 0.1) is 0 Å². The molecule has 0 bridgehead atoms. The van der Waals surface area contributed by atoms with Gasteiger partial charge in [0, 0.05) is 18.5 Å². The smallest absolute Gasteiger partial charge is 0.273 e. The lowest BCUT2D eigenvalue weighted by Crippen LogP contribution is -2.60. The number of hydrogen-bond donors (Lipinski definition) is 1. The van der Waals surface area contributed by atoms with E-state index in [4.69, 9.17) is 0 Å². The summed E-state index contributed by atoms with van der Waals surface area (Å²) in [6.07, 6.45) is 1.94. The highest BCUT2D eigenvalue weighted by molar-refractivity contribution is 7.09. The molecule has 1 fully saturated rings. The van der Waals surface area contributed by atoms with Crippen LogP contribution in [0.25, 0.3) is 0 Å².